The highest BCUT2D eigenvalue weighted by molar-refractivity contribution is 4.32. The largest absolute Gasteiger partial charge is 0.382 e. The maximum Gasteiger partial charge on any atom is 0.0437 e. The van der Waals surface area contributed by atoms with Gasteiger partial charge in [-0.15, -0.1) is 0 Å². The van der Waals surface area contributed by atoms with Crippen molar-refractivity contribution in [3.05, 3.63) is 0 Å². The summed E-state index contributed by atoms with van der Waals surface area (Å²) in [4.78, 5) is 0. The van der Waals surface area contributed by atoms with E-state index in [4.69, 9.17) is 4.74 Å². The molecule has 0 spiro atoms. The van der Waals surface area contributed by atoms with E-state index < -0.39 is 0 Å². The van der Waals surface area contributed by atoms with Gasteiger partial charge in [-0.2, -0.15) is 0 Å². The summed E-state index contributed by atoms with van der Waals surface area (Å²) >= 11 is 0. The third-order valence-electron chi connectivity index (χ3n) is 1.22. The average molecular weight is 146 g/mol. The van der Waals surface area contributed by atoms with Crippen LogP contribution in [0.1, 0.15) is 41.0 Å². The second-order valence-corrected chi connectivity index (χ2v) is 2.58. The topological polar surface area (TPSA) is 9.23 Å². The molecule has 0 amide bonds. The summed E-state index contributed by atoms with van der Waals surface area (Å²) in [6, 6.07) is 0. The third-order valence-corrected chi connectivity index (χ3v) is 1.22. The van der Waals surface area contributed by atoms with E-state index in [0.29, 0.717) is 0 Å². The van der Waals surface area contributed by atoms with Gasteiger partial charge in [0.25, 0.3) is 0 Å². The van der Waals surface area contributed by atoms with Crippen LogP contribution in [0.15, 0.2) is 0 Å². The van der Waals surface area contributed by atoms with Crippen molar-refractivity contribution in [3.8, 4) is 0 Å². The first-order chi connectivity index (χ1) is 4.68. The molecule has 0 aliphatic rings. The van der Waals surface area contributed by atoms with E-state index in [1.54, 1.807) is 0 Å². The molecule has 0 bridgehead atoms. The van der Waals surface area contributed by atoms with Gasteiger partial charge in [0.1, 0.15) is 0 Å². The molecule has 0 heterocycles. The lowest BCUT2D eigenvalue weighted by atomic mass is 10.2. The van der Waals surface area contributed by atoms with E-state index >= 15 is 0 Å². The smallest absolute Gasteiger partial charge is 0.0437 e. The molecule has 0 radical (unpaired) electrons. The number of ether oxygens (including phenoxy) is 1. The highest BCUT2D eigenvalue weighted by Crippen LogP contribution is 1.93. The van der Waals surface area contributed by atoms with Crippen LogP contribution >= 0.6 is 0 Å². The lowest BCUT2D eigenvalue weighted by molar-refractivity contribution is 0.162. The van der Waals surface area contributed by atoms with E-state index in [9.17, 15) is 0 Å². The summed E-state index contributed by atoms with van der Waals surface area (Å²) in [5, 5.41) is 0. The summed E-state index contributed by atoms with van der Waals surface area (Å²) in [5.41, 5.74) is 0. The van der Waals surface area contributed by atoms with Crippen molar-refractivity contribution in [2.75, 3.05) is 13.2 Å². The zero-order valence-electron chi connectivity index (χ0n) is 8.11. The molecule has 1 heteroatoms. The Morgan fingerprint density at radius 1 is 1.00 bits per heavy atom. The second kappa shape index (κ2) is 11.7. The van der Waals surface area contributed by atoms with Crippen LogP contribution in [0.25, 0.3) is 0 Å². The van der Waals surface area contributed by atoms with Gasteiger partial charge in [0, 0.05) is 13.2 Å². The minimum absolute atomic E-state index is 0.844. The third kappa shape index (κ3) is 24.6. The highest BCUT2D eigenvalue weighted by atomic mass is 16.5. The van der Waals surface area contributed by atoms with Gasteiger partial charge in [-0.25, -0.2) is 0 Å². The second-order valence-electron chi connectivity index (χ2n) is 2.58. The van der Waals surface area contributed by atoms with Gasteiger partial charge in [0.2, 0.25) is 0 Å². The fourth-order valence-electron chi connectivity index (χ4n) is 0.204. The van der Waals surface area contributed by atoms with Crippen molar-refractivity contribution in [2.24, 2.45) is 5.92 Å². The molecule has 64 valence electrons. The molecule has 0 aliphatic carbocycles. The lowest BCUT2D eigenvalue weighted by Gasteiger charge is -1.90. The van der Waals surface area contributed by atoms with Crippen molar-refractivity contribution >= 4 is 0 Å². The fourth-order valence-corrected chi connectivity index (χ4v) is 0.204. The first-order valence-corrected chi connectivity index (χ1v) is 4.26. The minimum atomic E-state index is 0.844. The molecule has 0 atom stereocenters. The Balaban J connectivity index is 0. The molecular formula is C9H22O. The molecule has 10 heavy (non-hydrogen) atoms. The Morgan fingerprint density at radius 2 is 1.30 bits per heavy atom. The molecule has 0 aliphatic heterocycles. The standard InChI is InChI=1S/C5H12.C4H10O/c1-4-5(2)3;1-3-5-4-2/h5H,4H2,1-3H3;3-4H2,1-2H3. The number of hydrogen-bond donors (Lipinski definition) is 0. The van der Waals surface area contributed by atoms with Crippen LogP contribution in [0.3, 0.4) is 0 Å². The Morgan fingerprint density at radius 3 is 1.30 bits per heavy atom. The summed E-state index contributed by atoms with van der Waals surface area (Å²) < 4.78 is 4.83. The van der Waals surface area contributed by atoms with Gasteiger partial charge in [-0.3, -0.25) is 0 Å². The number of hydrogen-bond acceptors (Lipinski definition) is 1. The maximum atomic E-state index is 4.83. The molecular weight excluding hydrogens is 124 g/mol. The van der Waals surface area contributed by atoms with E-state index in [-0.39, 0.29) is 0 Å². The molecule has 1 nitrogen and oxygen atoms in total. The van der Waals surface area contributed by atoms with Gasteiger partial charge < -0.3 is 4.74 Å². The SMILES string of the molecule is CCC(C)C.CCOCC. The molecule has 0 saturated carbocycles. The van der Waals surface area contributed by atoms with E-state index in [1.165, 1.54) is 6.42 Å². The van der Waals surface area contributed by atoms with Crippen LogP contribution in [-0.2, 0) is 4.74 Å². The van der Waals surface area contributed by atoms with Crippen molar-refractivity contribution in [1.29, 1.82) is 0 Å². The van der Waals surface area contributed by atoms with Crippen molar-refractivity contribution in [2.45, 2.75) is 41.0 Å². The van der Waals surface area contributed by atoms with E-state index in [0.717, 1.165) is 19.1 Å². The van der Waals surface area contributed by atoms with Crippen LogP contribution in [0.5, 0.6) is 0 Å². The molecule has 0 rings (SSSR count). The van der Waals surface area contributed by atoms with Crippen molar-refractivity contribution in [1.82, 2.24) is 0 Å². The Labute approximate surface area is 65.8 Å². The lowest BCUT2D eigenvalue weighted by Crippen LogP contribution is -1.84. The number of rotatable bonds is 3. The van der Waals surface area contributed by atoms with Crippen LogP contribution in [0.2, 0.25) is 0 Å². The zero-order chi connectivity index (χ0) is 8.41. The Bertz CT molecular complexity index is 40.0. The monoisotopic (exact) mass is 146 g/mol. The summed E-state index contributed by atoms with van der Waals surface area (Å²) in [6.45, 7) is 12.3. The van der Waals surface area contributed by atoms with Crippen LogP contribution in [-0.4, -0.2) is 13.2 Å². The first-order valence-electron chi connectivity index (χ1n) is 4.26. The summed E-state index contributed by atoms with van der Waals surface area (Å²) in [7, 11) is 0. The molecule has 0 fully saturated rings. The van der Waals surface area contributed by atoms with Crippen molar-refractivity contribution < 1.29 is 4.74 Å². The minimum Gasteiger partial charge on any atom is -0.382 e. The van der Waals surface area contributed by atoms with E-state index in [2.05, 4.69) is 20.8 Å². The highest BCUT2D eigenvalue weighted by Gasteiger charge is 1.80. The van der Waals surface area contributed by atoms with Gasteiger partial charge >= 0.3 is 0 Å². The van der Waals surface area contributed by atoms with Gasteiger partial charge in [0.05, 0.1) is 0 Å². The van der Waals surface area contributed by atoms with Crippen LogP contribution in [0.4, 0.5) is 0 Å². The van der Waals surface area contributed by atoms with Gasteiger partial charge in [-0.1, -0.05) is 27.2 Å². The maximum absolute atomic E-state index is 4.83. The molecule has 0 aromatic carbocycles. The Hall–Kier alpha value is -0.0400. The Kier molecular flexibility index (Phi) is 14.8. The van der Waals surface area contributed by atoms with Gasteiger partial charge in [0.15, 0.2) is 0 Å². The van der Waals surface area contributed by atoms with Crippen molar-refractivity contribution in [3.63, 3.8) is 0 Å². The average Bonchev–Trinajstić information content (AvgIpc) is 1.91. The fraction of sp³-hybridized carbons (Fsp3) is 1.00. The zero-order valence-corrected chi connectivity index (χ0v) is 8.11. The van der Waals surface area contributed by atoms with Gasteiger partial charge in [-0.05, 0) is 19.8 Å². The molecule has 0 aromatic rings. The predicted molar refractivity (Wildman–Crippen MR) is 47.3 cm³/mol. The molecule has 0 unspecified atom stereocenters. The molecule has 0 saturated heterocycles. The van der Waals surface area contributed by atoms with Crippen LogP contribution in [0, 0.1) is 5.92 Å². The molecule has 0 N–H and O–H groups in total. The van der Waals surface area contributed by atoms with E-state index in [1.807, 2.05) is 13.8 Å². The quantitative estimate of drug-likeness (QED) is 0.594. The summed E-state index contributed by atoms with van der Waals surface area (Å²) in [5.74, 6) is 0.884. The first kappa shape index (κ1) is 12.6. The van der Waals surface area contributed by atoms with Crippen LogP contribution < -0.4 is 0 Å². The normalized spacial score (nSPS) is 9.00. The molecule has 0 aromatic heterocycles. The summed E-state index contributed by atoms with van der Waals surface area (Å²) in [6.07, 6.45) is 1.31. The predicted octanol–water partition coefficient (Wildman–Crippen LogP) is 3.10.